The Hall–Kier alpha value is -2.57. The van der Waals surface area contributed by atoms with Crippen LogP contribution in [0.2, 0.25) is 0 Å². The fourth-order valence-corrected chi connectivity index (χ4v) is 3.11. The maximum absolute atomic E-state index is 5.25. The van der Waals surface area contributed by atoms with Gasteiger partial charge in [-0.3, -0.25) is 4.72 Å². The number of nitrogens with one attached hydrogen (secondary N) is 2. The number of aromatic nitrogens is 2. The maximum atomic E-state index is 5.25. The number of rotatable bonds is 11. The smallest absolute Gasteiger partial charge is 0.134 e. The van der Waals surface area contributed by atoms with Gasteiger partial charge in [0, 0.05) is 29.6 Å². The van der Waals surface area contributed by atoms with Crippen LogP contribution in [-0.4, -0.2) is 23.6 Å². The molecule has 0 amide bonds. The number of benzene rings is 1. The Bertz CT molecular complexity index is 804. The van der Waals surface area contributed by atoms with Crippen LogP contribution in [0.5, 0.6) is 0 Å². The van der Waals surface area contributed by atoms with Crippen molar-refractivity contribution >= 4 is 29.0 Å². The van der Waals surface area contributed by atoms with E-state index in [2.05, 4.69) is 52.2 Å². The minimum atomic E-state index is 0.526. The molecule has 0 saturated carbocycles. The lowest BCUT2D eigenvalue weighted by Gasteiger charge is -2.11. The van der Waals surface area contributed by atoms with Crippen molar-refractivity contribution in [2.24, 2.45) is 0 Å². The standard InChI is InChI=1S/C21H26N4OS/c1-5-8-19(16(3)26-4)20-13-21(23-15-22-20)25-18-10-7-9-17(12-18)14-27-24-11-6-2/h5,7-10,12-13,15,24H,1,3,6,11,14H2,2,4H3,(H,22,23,25)/b19-8+. The van der Waals surface area contributed by atoms with Crippen molar-refractivity contribution in [2.45, 2.75) is 19.1 Å². The summed E-state index contributed by atoms with van der Waals surface area (Å²) < 4.78 is 8.59. The first-order valence-electron chi connectivity index (χ1n) is 8.77. The zero-order chi connectivity index (χ0) is 19.5. The van der Waals surface area contributed by atoms with Gasteiger partial charge in [-0.2, -0.15) is 0 Å². The summed E-state index contributed by atoms with van der Waals surface area (Å²) in [5.74, 6) is 2.13. The van der Waals surface area contributed by atoms with Crippen LogP contribution in [0.1, 0.15) is 24.6 Å². The molecule has 0 bridgehead atoms. The average molecular weight is 383 g/mol. The van der Waals surface area contributed by atoms with Gasteiger partial charge in [-0.25, -0.2) is 9.97 Å². The lowest BCUT2D eigenvalue weighted by molar-refractivity contribution is 0.312. The number of ether oxygens (including phenoxy) is 1. The van der Waals surface area contributed by atoms with Crippen molar-refractivity contribution in [3.63, 3.8) is 0 Å². The summed E-state index contributed by atoms with van der Waals surface area (Å²) in [7, 11) is 1.58. The molecule has 27 heavy (non-hydrogen) atoms. The highest BCUT2D eigenvalue weighted by atomic mass is 32.2. The SMILES string of the molecule is C=C/C=C(\C(=C)OC)c1cc(Nc2cccc(CSNCCC)c2)ncn1. The lowest BCUT2D eigenvalue weighted by atomic mass is 10.1. The van der Waals surface area contributed by atoms with Crippen molar-refractivity contribution in [3.8, 4) is 0 Å². The second kappa shape index (κ2) is 11.2. The largest absolute Gasteiger partial charge is 0.497 e. The molecule has 5 nitrogen and oxygen atoms in total. The quantitative estimate of drug-likeness (QED) is 0.244. The fourth-order valence-electron chi connectivity index (χ4n) is 2.32. The predicted octanol–water partition coefficient (Wildman–Crippen LogP) is 5.10. The molecule has 142 valence electrons. The van der Waals surface area contributed by atoms with Crippen molar-refractivity contribution < 1.29 is 4.74 Å². The summed E-state index contributed by atoms with van der Waals surface area (Å²) in [6.07, 6.45) is 6.15. The van der Waals surface area contributed by atoms with Crippen LogP contribution in [0.25, 0.3) is 5.57 Å². The highest BCUT2D eigenvalue weighted by Gasteiger charge is 2.09. The van der Waals surface area contributed by atoms with Crippen LogP contribution in [0.4, 0.5) is 11.5 Å². The van der Waals surface area contributed by atoms with Gasteiger partial charge in [0.15, 0.2) is 0 Å². The van der Waals surface area contributed by atoms with E-state index >= 15 is 0 Å². The summed E-state index contributed by atoms with van der Waals surface area (Å²) >= 11 is 1.72. The number of allylic oxidation sites excluding steroid dienone is 3. The Morgan fingerprint density at radius 2 is 2.15 bits per heavy atom. The molecule has 6 heteroatoms. The van der Waals surface area contributed by atoms with E-state index in [9.17, 15) is 0 Å². The number of hydrogen-bond donors (Lipinski definition) is 2. The summed E-state index contributed by atoms with van der Waals surface area (Å²) in [5, 5.41) is 3.34. The molecule has 0 aliphatic heterocycles. The third-order valence-corrected chi connectivity index (χ3v) is 4.55. The topological polar surface area (TPSA) is 59.1 Å². The Kier molecular flexibility index (Phi) is 8.61. The molecular weight excluding hydrogens is 356 g/mol. The molecule has 0 atom stereocenters. The zero-order valence-corrected chi connectivity index (χ0v) is 16.7. The number of methoxy groups -OCH3 is 1. The fraction of sp³-hybridized carbons (Fsp3) is 0.238. The van der Waals surface area contributed by atoms with Gasteiger partial charge in [0.2, 0.25) is 0 Å². The highest BCUT2D eigenvalue weighted by molar-refractivity contribution is 7.96. The third kappa shape index (κ3) is 6.58. The van der Waals surface area contributed by atoms with Crippen LogP contribution in [0.15, 0.2) is 67.7 Å². The molecule has 1 heterocycles. The van der Waals surface area contributed by atoms with Gasteiger partial charge in [-0.15, -0.1) is 0 Å². The molecule has 0 radical (unpaired) electrons. The molecule has 0 saturated heterocycles. The van der Waals surface area contributed by atoms with Crippen LogP contribution < -0.4 is 10.0 Å². The van der Waals surface area contributed by atoms with Gasteiger partial charge in [0.1, 0.15) is 17.9 Å². The van der Waals surface area contributed by atoms with Gasteiger partial charge in [-0.05, 0) is 30.2 Å². The van der Waals surface area contributed by atoms with Gasteiger partial charge in [-0.1, -0.05) is 50.2 Å². The Balaban J connectivity index is 2.13. The molecule has 2 rings (SSSR count). The first kappa shape index (κ1) is 20.7. The van der Waals surface area contributed by atoms with E-state index in [1.54, 1.807) is 25.1 Å². The third-order valence-electron chi connectivity index (χ3n) is 3.67. The molecule has 0 aliphatic carbocycles. The van der Waals surface area contributed by atoms with Crippen molar-refractivity contribution in [1.29, 1.82) is 0 Å². The second-order valence-electron chi connectivity index (χ2n) is 5.74. The molecule has 0 fully saturated rings. The molecule has 0 unspecified atom stereocenters. The van der Waals surface area contributed by atoms with E-state index in [1.807, 2.05) is 24.3 Å². The van der Waals surface area contributed by atoms with Gasteiger partial charge >= 0.3 is 0 Å². The van der Waals surface area contributed by atoms with Crippen molar-refractivity contribution in [1.82, 2.24) is 14.7 Å². The van der Waals surface area contributed by atoms with E-state index in [1.165, 1.54) is 11.9 Å². The molecule has 0 spiro atoms. The monoisotopic (exact) mass is 382 g/mol. The summed E-state index contributed by atoms with van der Waals surface area (Å²) in [4.78, 5) is 8.64. The van der Waals surface area contributed by atoms with Crippen LogP contribution in [0.3, 0.4) is 0 Å². The van der Waals surface area contributed by atoms with E-state index < -0.39 is 0 Å². The second-order valence-corrected chi connectivity index (χ2v) is 6.61. The number of anilines is 2. The molecule has 1 aromatic carbocycles. The lowest BCUT2D eigenvalue weighted by Crippen LogP contribution is -2.04. The summed E-state index contributed by atoms with van der Waals surface area (Å²) in [6, 6.07) is 10.2. The molecular formula is C21H26N4OS. The van der Waals surface area contributed by atoms with Gasteiger partial charge in [0.25, 0.3) is 0 Å². The normalized spacial score (nSPS) is 11.1. The van der Waals surface area contributed by atoms with Crippen LogP contribution in [-0.2, 0) is 10.5 Å². The molecule has 0 aliphatic rings. The zero-order valence-electron chi connectivity index (χ0n) is 15.9. The summed E-state index contributed by atoms with van der Waals surface area (Å²) in [6.45, 7) is 10.8. The van der Waals surface area contributed by atoms with E-state index in [0.29, 0.717) is 11.6 Å². The first-order chi connectivity index (χ1) is 13.2. The minimum Gasteiger partial charge on any atom is -0.497 e. The summed E-state index contributed by atoms with van der Waals surface area (Å²) in [5.41, 5.74) is 3.70. The number of hydrogen-bond acceptors (Lipinski definition) is 6. The molecule has 1 aromatic heterocycles. The number of nitrogens with zero attached hydrogens (tertiary/aromatic N) is 2. The Morgan fingerprint density at radius 3 is 2.89 bits per heavy atom. The highest BCUT2D eigenvalue weighted by Crippen LogP contribution is 2.24. The first-order valence-corrected chi connectivity index (χ1v) is 9.75. The van der Waals surface area contributed by atoms with Crippen molar-refractivity contribution in [2.75, 3.05) is 19.0 Å². The van der Waals surface area contributed by atoms with Crippen LogP contribution >= 0.6 is 11.9 Å². The van der Waals surface area contributed by atoms with Crippen LogP contribution in [0, 0.1) is 0 Å². The predicted molar refractivity (Wildman–Crippen MR) is 116 cm³/mol. The molecule has 2 N–H and O–H groups in total. The van der Waals surface area contributed by atoms with Crippen molar-refractivity contribution in [3.05, 3.63) is 79.0 Å². The van der Waals surface area contributed by atoms with Gasteiger partial charge < -0.3 is 10.1 Å². The minimum absolute atomic E-state index is 0.526. The van der Waals surface area contributed by atoms with E-state index in [4.69, 9.17) is 4.74 Å². The maximum Gasteiger partial charge on any atom is 0.134 e. The van der Waals surface area contributed by atoms with Gasteiger partial charge in [0.05, 0.1) is 12.8 Å². The van der Waals surface area contributed by atoms with E-state index in [-0.39, 0.29) is 0 Å². The van der Waals surface area contributed by atoms with E-state index in [0.717, 1.165) is 35.7 Å². The molecule has 2 aromatic rings. The average Bonchev–Trinajstić information content (AvgIpc) is 2.69. The Labute approximate surface area is 165 Å². The Morgan fingerprint density at radius 1 is 1.30 bits per heavy atom.